The Kier molecular flexibility index (Phi) is 2.71. The average Bonchev–Trinajstić information content (AvgIpc) is 2.73. The van der Waals surface area contributed by atoms with E-state index in [-0.39, 0.29) is 24.3 Å². The first-order valence-electron chi connectivity index (χ1n) is 5.21. The lowest BCUT2D eigenvalue weighted by Crippen LogP contribution is -2.26. The Labute approximate surface area is 88.8 Å². The van der Waals surface area contributed by atoms with E-state index in [1.54, 1.807) is 0 Å². The first kappa shape index (κ1) is 10.1. The molecule has 1 unspecified atom stereocenters. The normalized spacial score (nSPS) is 32.8. The molecule has 0 aromatic carbocycles. The third-order valence-electron chi connectivity index (χ3n) is 3.13. The quantitative estimate of drug-likeness (QED) is 0.399. The number of carbonyl (C=O) groups excluding carboxylic acids is 2. The topological polar surface area (TPSA) is 43.4 Å². The van der Waals surface area contributed by atoms with Gasteiger partial charge in [-0.05, 0) is 12.3 Å². The van der Waals surface area contributed by atoms with Gasteiger partial charge < -0.3 is 4.74 Å². The van der Waals surface area contributed by atoms with Gasteiger partial charge in [-0.15, -0.1) is 0 Å². The minimum absolute atomic E-state index is 0.0309. The van der Waals surface area contributed by atoms with Crippen molar-refractivity contribution in [3.63, 3.8) is 0 Å². The van der Waals surface area contributed by atoms with Gasteiger partial charge in [0.1, 0.15) is 18.3 Å². The fourth-order valence-corrected chi connectivity index (χ4v) is 2.45. The summed E-state index contributed by atoms with van der Waals surface area (Å²) in [7, 11) is 0. The van der Waals surface area contributed by atoms with Gasteiger partial charge in [-0.2, -0.15) is 0 Å². The Morgan fingerprint density at radius 2 is 2.47 bits per heavy atom. The number of ether oxygens (including phenoxy) is 1. The SMILES string of the molecule is C=CCOC(=O)C1C(=O)C[C@H]2CC=C[C@@H]12. The van der Waals surface area contributed by atoms with Crippen LogP contribution in [0.5, 0.6) is 0 Å². The number of fused-ring (bicyclic) bond motifs is 1. The zero-order chi connectivity index (χ0) is 10.8. The number of allylic oxidation sites excluding steroid dienone is 2. The van der Waals surface area contributed by atoms with Crippen molar-refractivity contribution in [3.8, 4) is 0 Å². The maximum atomic E-state index is 11.6. The van der Waals surface area contributed by atoms with Crippen molar-refractivity contribution in [3.05, 3.63) is 24.8 Å². The molecule has 2 aliphatic rings. The van der Waals surface area contributed by atoms with Crippen LogP contribution in [0.1, 0.15) is 12.8 Å². The lowest BCUT2D eigenvalue weighted by molar-refractivity contribution is -0.150. The highest BCUT2D eigenvalue weighted by Gasteiger charge is 2.47. The zero-order valence-electron chi connectivity index (χ0n) is 8.52. The van der Waals surface area contributed by atoms with E-state index >= 15 is 0 Å². The van der Waals surface area contributed by atoms with Crippen LogP contribution in [0.25, 0.3) is 0 Å². The van der Waals surface area contributed by atoms with Crippen LogP contribution in [-0.2, 0) is 14.3 Å². The summed E-state index contributed by atoms with van der Waals surface area (Å²) in [6.45, 7) is 3.65. The molecule has 80 valence electrons. The van der Waals surface area contributed by atoms with Gasteiger partial charge in [0.25, 0.3) is 0 Å². The molecule has 0 spiro atoms. The number of rotatable bonds is 3. The van der Waals surface area contributed by atoms with E-state index in [0.717, 1.165) is 6.42 Å². The summed E-state index contributed by atoms with van der Waals surface area (Å²) in [4.78, 5) is 23.3. The van der Waals surface area contributed by atoms with Crippen LogP contribution in [0.3, 0.4) is 0 Å². The van der Waals surface area contributed by atoms with Gasteiger partial charge >= 0.3 is 5.97 Å². The molecule has 2 rings (SSSR count). The monoisotopic (exact) mass is 206 g/mol. The lowest BCUT2D eigenvalue weighted by Gasteiger charge is -2.14. The van der Waals surface area contributed by atoms with Crippen molar-refractivity contribution in [2.45, 2.75) is 12.8 Å². The van der Waals surface area contributed by atoms with Gasteiger partial charge in [0.15, 0.2) is 0 Å². The van der Waals surface area contributed by atoms with Crippen molar-refractivity contribution in [2.24, 2.45) is 17.8 Å². The second-order valence-corrected chi connectivity index (χ2v) is 4.07. The second kappa shape index (κ2) is 4.01. The molecule has 3 heteroatoms. The number of Topliss-reactive ketones (excluding diaryl/α,β-unsaturated/α-hetero) is 1. The molecule has 3 atom stereocenters. The third kappa shape index (κ3) is 1.74. The van der Waals surface area contributed by atoms with E-state index in [2.05, 4.69) is 12.7 Å². The molecule has 0 aliphatic heterocycles. The number of hydrogen-bond acceptors (Lipinski definition) is 3. The van der Waals surface area contributed by atoms with Crippen molar-refractivity contribution in [2.75, 3.05) is 6.61 Å². The summed E-state index contributed by atoms with van der Waals surface area (Å²) in [6, 6.07) is 0. The number of carbonyl (C=O) groups is 2. The van der Waals surface area contributed by atoms with Crippen molar-refractivity contribution < 1.29 is 14.3 Å². The number of hydrogen-bond donors (Lipinski definition) is 0. The Balaban J connectivity index is 2.06. The van der Waals surface area contributed by atoms with E-state index in [1.807, 2.05) is 6.08 Å². The Bertz CT molecular complexity index is 330. The molecule has 0 heterocycles. The summed E-state index contributed by atoms with van der Waals surface area (Å²) < 4.78 is 4.94. The van der Waals surface area contributed by atoms with Crippen LogP contribution >= 0.6 is 0 Å². The maximum absolute atomic E-state index is 11.6. The summed E-state index contributed by atoms with van der Waals surface area (Å²) in [5.74, 6) is -0.510. The van der Waals surface area contributed by atoms with Gasteiger partial charge in [-0.25, -0.2) is 0 Å². The molecular weight excluding hydrogens is 192 g/mol. The highest BCUT2D eigenvalue weighted by atomic mass is 16.5. The molecule has 1 saturated carbocycles. The Morgan fingerprint density at radius 1 is 1.67 bits per heavy atom. The van der Waals surface area contributed by atoms with E-state index in [9.17, 15) is 9.59 Å². The molecular formula is C12H14O3. The predicted molar refractivity (Wildman–Crippen MR) is 55.0 cm³/mol. The largest absolute Gasteiger partial charge is 0.461 e. The van der Waals surface area contributed by atoms with E-state index in [1.165, 1.54) is 6.08 Å². The minimum Gasteiger partial charge on any atom is -0.461 e. The molecule has 0 saturated heterocycles. The summed E-state index contributed by atoms with van der Waals surface area (Å²) in [5, 5.41) is 0. The van der Waals surface area contributed by atoms with Crippen molar-refractivity contribution in [1.29, 1.82) is 0 Å². The molecule has 0 amide bonds. The summed E-state index contributed by atoms with van der Waals surface area (Å²) in [5.41, 5.74) is 0. The third-order valence-corrected chi connectivity index (χ3v) is 3.13. The fraction of sp³-hybridized carbons (Fsp3) is 0.500. The molecule has 0 aromatic rings. The van der Waals surface area contributed by atoms with Gasteiger partial charge in [-0.3, -0.25) is 9.59 Å². The molecule has 15 heavy (non-hydrogen) atoms. The minimum atomic E-state index is -0.561. The fourth-order valence-electron chi connectivity index (χ4n) is 2.45. The van der Waals surface area contributed by atoms with E-state index in [0.29, 0.717) is 12.3 Å². The van der Waals surface area contributed by atoms with Crippen molar-refractivity contribution >= 4 is 11.8 Å². The van der Waals surface area contributed by atoms with Crippen LogP contribution in [0, 0.1) is 17.8 Å². The number of esters is 1. The van der Waals surface area contributed by atoms with Crippen LogP contribution in [0.4, 0.5) is 0 Å². The molecule has 1 fully saturated rings. The molecule has 0 aromatic heterocycles. The first-order chi connectivity index (χ1) is 7.24. The van der Waals surface area contributed by atoms with Crippen LogP contribution in [0.2, 0.25) is 0 Å². The molecule has 0 N–H and O–H groups in total. The first-order valence-corrected chi connectivity index (χ1v) is 5.21. The van der Waals surface area contributed by atoms with E-state index < -0.39 is 5.92 Å². The highest BCUT2D eigenvalue weighted by molar-refractivity contribution is 6.01. The van der Waals surface area contributed by atoms with Crippen LogP contribution in [-0.4, -0.2) is 18.4 Å². The predicted octanol–water partition coefficient (Wildman–Crippen LogP) is 1.50. The zero-order valence-corrected chi connectivity index (χ0v) is 8.52. The van der Waals surface area contributed by atoms with Crippen LogP contribution < -0.4 is 0 Å². The summed E-state index contributed by atoms with van der Waals surface area (Å²) in [6.07, 6.45) is 6.98. The van der Waals surface area contributed by atoms with Crippen LogP contribution in [0.15, 0.2) is 24.8 Å². The standard InChI is InChI=1S/C12H14O3/c1-2-6-15-12(14)11-9-5-3-4-8(9)7-10(11)13/h2-3,5,8-9,11H,1,4,6-7H2/t8-,9-,11?/m1/s1. The average molecular weight is 206 g/mol. The van der Waals surface area contributed by atoms with Crippen molar-refractivity contribution in [1.82, 2.24) is 0 Å². The smallest absolute Gasteiger partial charge is 0.317 e. The number of ketones is 1. The second-order valence-electron chi connectivity index (χ2n) is 4.07. The lowest BCUT2D eigenvalue weighted by atomic mass is 9.92. The summed E-state index contributed by atoms with van der Waals surface area (Å²) >= 11 is 0. The molecule has 2 aliphatic carbocycles. The van der Waals surface area contributed by atoms with E-state index in [4.69, 9.17) is 4.74 Å². The maximum Gasteiger partial charge on any atom is 0.317 e. The Morgan fingerprint density at radius 3 is 3.20 bits per heavy atom. The Hall–Kier alpha value is -1.38. The van der Waals surface area contributed by atoms with Gasteiger partial charge in [0.05, 0.1) is 0 Å². The molecule has 3 nitrogen and oxygen atoms in total. The van der Waals surface area contributed by atoms with Gasteiger partial charge in [-0.1, -0.05) is 24.8 Å². The molecule has 0 radical (unpaired) electrons. The highest BCUT2D eigenvalue weighted by Crippen LogP contribution is 2.42. The molecule has 0 bridgehead atoms. The van der Waals surface area contributed by atoms with Gasteiger partial charge in [0.2, 0.25) is 0 Å². The van der Waals surface area contributed by atoms with Gasteiger partial charge in [0, 0.05) is 12.3 Å².